The molecule has 7 nitrogen and oxygen atoms in total. The van der Waals surface area contributed by atoms with Crippen molar-refractivity contribution < 1.29 is 4.79 Å². The Balaban J connectivity index is 1.86. The molecule has 1 amide bonds. The molecular weight excluding hydrogens is 364 g/mol. The maximum absolute atomic E-state index is 12.5. The van der Waals surface area contributed by atoms with Crippen molar-refractivity contribution in [2.45, 2.75) is 18.7 Å². The summed E-state index contributed by atoms with van der Waals surface area (Å²) in [7, 11) is 3.00. The van der Waals surface area contributed by atoms with Gasteiger partial charge in [-0.05, 0) is 43.2 Å². The van der Waals surface area contributed by atoms with Gasteiger partial charge in [-0.15, -0.1) is 11.8 Å². The van der Waals surface area contributed by atoms with Crippen LogP contribution in [0.15, 0.2) is 44.9 Å². The van der Waals surface area contributed by atoms with E-state index >= 15 is 0 Å². The van der Waals surface area contributed by atoms with Gasteiger partial charge in [-0.25, -0.2) is 9.78 Å². The highest BCUT2D eigenvalue weighted by Gasteiger charge is 2.15. The van der Waals surface area contributed by atoms with Crippen molar-refractivity contribution in [1.29, 1.82) is 0 Å². The molecule has 0 saturated heterocycles. The van der Waals surface area contributed by atoms with Gasteiger partial charge in [0.05, 0.1) is 11.1 Å². The number of fused-ring (bicyclic) bond motifs is 1. The molecule has 0 aliphatic carbocycles. The summed E-state index contributed by atoms with van der Waals surface area (Å²) >= 11 is 1.24. The van der Waals surface area contributed by atoms with Gasteiger partial charge in [-0.3, -0.25) is 18.7 Å². The zero-order chi connectivity index (χ0) is 19.7. The molecule has 27 heavy (non-hydrogen) atoms. The first-order chi connectivity index (χ1) is 12.8. The fraction of sp³-hybridized carbons (Fsp3) is 0.263. The van der Waals surface area contributed by atoms with Crippen LogP contribution in [0.5, 0.6) is 0 Å². The number of pyridine rings is 1. The van der Waals surface area contributed by atoms with Gasteiger partial charge in [0, 0.05) is 30.9 Å². The highest BCUT2D eigenvalue weighted by Crippen LogP contribution is 2.24. The van der Waals surface area contributed by atoms with E-state index in [-0.39, 0.29) is 11.7 Å². The predicted molar refractivity (Wildman–Crippen MR) is 107 cm³/mol. The van der Waals surface area contributed by atoms with E-state index in [2.05, 4.69) is 10.3 Å². The molecular formula is C19H20N4O3S. The number of rotatable bonds is 4. The van der Waals surface area contributed by atoms with Gasteiger partial charge in [-0.1, -0.05) is 6.07 Å². The number of anilines is 1. The number of nitrogens with one attached hydrogen (secondary N) is 1. The number of aromatic nitrogens is 3. The van der Waals surface area contributed by atoms with E-state index in [1.54, 1.807) is 13.1 Å². The molecule has 0 bridgehead atoms. The van der Waals surface area contributed by atoms with Crippen molar-refractivity contribution in [3.8, 4) is 0 Å². The molecule has 0 atom stereocenters. The number of benzene rings is 1. The van der Waals surface area contributed by atoms with E-state index in [0.29, 0.717) is 15.9 Å². The molecule has 140 valence electrons. The summed E-state index contributed by atoms with van der Waals surface area (Å²) in [5, 5.41) is 3.21. The standard InChI is InChI=1S/C19H20N4O3S/c1-11-7-12(2)9-13(8-11)21-15(24)10-27-14-5-6-20-17-16(14)18(25)23(4)19(26)22(17)3/h5-9H,10H2,1-4H3,(H,21,24). The summed E-state index contributed by atoms with van der Waals surface area (Å²) < 4.78 is 2.38. The Kier molecular flexibility index (Phi) is 5.18. The second-order valence-electron chi connectivity index (χ2n) is 6.43. The maximum atomic E-state index is 12.5. The van der Waals surface area contributed by atoms with Crippen LogP contribution in [0.1, 0.15) is 11.1 Å². The minimum atomic E-state index is -0.435. The molecule has 1 N–H and O–H groups in total. The Morgan fingerprint density at radius 2 is 1.78 bits per heavy atom. The molecule has 0 aliphatic rings. The summed E-state index contributed by atoms with van der Waals surface area (Å²) in [6, 6.07) is 7.53. The topological polar surface area (TPSA) is 86.0 Å². The third kappa shape index (κ3) is 3.80. The van der Waals surface area contributed by atoms with Gasteiger partial charge in [0.2, 0.25) is 5.91 Å². The minimum absolute atomic E-state index is 0.137. The van der Waals surface area contributed by atoms with Crippen molar-refractivity contribution >= 4 is 34.4 Å². The van der Waals surface area contributed by atoms with Gasteiger partial charge in [0.1, 0.15) is 5.65 Å². The lowest BCUT2D eigenvalue weighted by atomic mass is 10.1. The van der Waals surface area contributed by atoms with Gasteiger partial charge in [0.15, 0.2) is 0 Å². The third-order valence-corrected chi connectivity index (χ3v) is 5.22. The number of carbonyl (C=O) groups is 1. The predicted octanol–water partition coefficient (Wildman–Crippen LogP) is 1.98. The van der Waals surface area contributed by atoms with Crippen LogP contribution in [0.4, 0.5) is 5.69 Å². The number of nitrogens with zero attached hydrogens (tertiary/aromatic N) is 3. The normalized spacial score (nSPS) is 11.0. The molecule has 3 aromatic rings. The van der Waals surface area contributed by atoms with Crippen LogP contribution >= 0.6 is 11.8 Å². The van der Waals surface area contributed by atoms with Crippen LogP contribution in [-0.2, 0) is 18.9 Å². The first-order valence-electron chi connectivity index (χ1n) is 8.33. The number of hydrogen-bond donors (Lipinski definition) is 1. The monoisotopic (exact) mass is 384 g/mol. The smallest absolute Gasteiger partial charge is 0.325 e. The first kappa shape index (κ1) is 18.9. The summed E-state index contributed by atoms with van der Waals surface area (Å²) in [5.74, 6) is -0.0328. The molecule has 0 radical (unpaired) electrons. The van der Waals surface area contributed by atoms with Crippen LogP contribution in [0.3, 0.4) is 0 Å². The summed E-state index contributed by atoms with van der Waals surface area (Å²) in [5.41, 5.74) is 2.34. The Hall–Kier alpha value is -2.87. The van der Waals surface area contributed by atoms with E-state index in [4.69, 9.17) is 0 Å². The molecule has 3 rings (SSSR count). The highest BCUT2D eigenvalue weighted by atomic mass is 32.2. The molecule has 0 spiro atoms. The van der Waals surface area contributed by atoms with Crippen molar-refractivity contribution in [3.63, 3.8) is 0 Å². The van der Waals surface area contributed by atoms with E-state index < -0.39 is 11.2 Å². The Morgan fingerprint density at radius 1 is 1.11 bits per heavy atom. The van der Waals surface area contributed by atoms with Crippen molar-refractivity contribution in [2.75, 3.05) is 11.1 Å². The lowest BCUT2D eigenvalue weighted by Crippen LogP contribution is -2.37. The fourth-order valence-electron chi connectivity index (χ4n) is 2.97. The largest absolute Gasteiger partial charge is 0.332 e. The van der Waals surface area contributed by atoms with Gasteiger partial charge >= 0.3 is 5.69 Å². The van der Waals surface area contributed by atoms with Crippen LogP contribution in [0, 0.1) is 13.8 Å². The van der Waals surface area contributed by atoms with Crippen LogP contribution in [0.2, 0.25) is 0 Å². The Morgan fingerprint density at radius 3 is 2.44 bits per heavy atom. The zero-order valence-electron chi connectivity index (χ0n) is 15.6. The van der Waals surface area contributed by atoms with Crippen molar-refractivity contribution in [2.24, 2.45) is 14.1 Å². The van der Waals surface area contributed by atoms with Crippen molar-refractivity contribution in [3.05, 3.63) is 62.4 Å². The summed E-state index contributed by atoms with van der Waals surface area (Å²) in [6.45, 7) is 3.95. The van der Waals surface area contributed by atoms with Gasteiger partial charge in [-0.2, -0.15) is 0 Å². The van der Waals surface area contributed by atoms with E-state index in [9.17, 15) is 14.4 Å². The number of hydrogen-bond acceptors (Lipinski definition) is 5. The molecule has 0 saturated carbocycles. The average molecular weight is 384 g/mol. The third-order valence-electron chi connectivity index (χ3n) is 4.17. The molecule has 0 aliphatic heterocycles. The lowest BCUT2D eigenvalue weighted by Gasteiger charge is -2.10. The SMILES string of the molecule is Cc1cc(C)cc(NC(=O)CSc2ccnc3c2c(=O)n(C)c(=O)n3C)c1. The number of thioether (sulfide) groups is 1. The quantitative estimate of drug-likeness (QED) is 0.695. The van der Waals surface area contributed by atoms with E-state index in [1.807, 2.05) is 32.0 Å². The Bertz CT molecular complexity index is 1140. The Labute approximate surface area is 160 Å². The van der Waals surface area contributed by atoms with Gasteiger partial charge < -0.3 is 5.32 Å². The first-order valence-corrected chi connectivity index (χ1v) is 9.32. The zero-order valence-corrected chi connectivity index (χ0v) is 16.4. The fourth-order valence-corrected chi connectivity index (χ4v) is 3.81. The van der Waals surface area contributed by atoms with Crippen LogP contribution in [0.25, 0.3) is 11.0 Å². The molecule has 0 unspecified atom stereocenters. The number of amides is 1. The summed E-state index contributed by atoms with van der Waals surface area (Å²) in [6.07, 6.45) is 1.53. The minimum Gasteiger partial charge on any atom is -0.325 e. The number of aryl methyl sites for hydroxylation is 3. The van der Waals surface area contributed by atoms with E-state index in [0.717, 1.165) is 21.4 Å². The maximum Gasteiger partial charge on any atom is 0.332 e. The summed E-state index contributed by atoms with van der Waals surface area (Å²) in [4.78, 5) is 41.7. The van der Waals surface area contributed by atoms with Gasteiger partial charge in [0.25, 0.3) is 5.56 Å². The lowest BCUT2D eigenvalue weighted by molar-refractivity contribution is -0.113. The second-order valence-corrected chi connectivity index (χ2v) is 7.44. The van der Waals surface area contributed by atoms with E-state index in [1.165, 1.54) is 29.6 Å². The molecule has 2 aromatic heterocycles. The second kappa shape index (κ2) is 7.40. The van der Waals surface area contributed by atoms with Crippen molar-refractivity contribution in [1.82, 2.24) is 14.1 Å². The molecule has 1 aromatic carbocycles. The molecule has 8 heteroatoms. The van der Waals surface area contributed by atoms with Crippen LogP contribution < -0.4 is 16.6 Å². The average Bonchev–Trinajstić information content (AvgIpc) is 2.61. The number of carbonyl (C=O) groups excluding carboxylic acids is 1. The molecule has 0 fully saturated rings. The molecule has 2 heterocycles. The van der Waals surface area contributed by atoms with Crippen LogP contribution in [-0.4, -0.2) is 25.8 Å². The highest BCUT2D eigenvalue weighted by molar-refractivity contribution is 8.00.